The Bertz CT molecular complexity index is 912. The molecule has 0 saturated heterocycles. The van der Waals surface area contributed by atoms with Crippen LogP contribution >= 0.6 is 11.6 Å². The SMILES string of the molecule is O=c1c(NCc2cccc(Cl)c2)c(Nc2ccc(O)cc2)c1=O. The van der Waals surface area contributed by atoms with Crippen LogP contribution < -0.4 is 21.5 Å². The average molecular weight is 329 g/mol. The quantitative estimate of drug-likeness (QED) is 0.495. The highest BCUT2D eigenvalue weighted by Crippen LogP contribution is 2.23. The van der Waals surface area contributed by atoms with Crippen molar-refractivity contribution < 1.29 is 5.11 Å². The van der Waals surface area contributed by atoms with Crippen LogP contribution in [0.3, 0.4) is 0 Å². The van der Waals surface area contributed by atoms with Crippen molar-refractivity contribution in [3.8, 4) is 5.75 Å². The lowest BCUT2D eigenvalue weighted by atomic mass is 10.1. The molecule has 3 N–H and O–H groups in total. The fraction of sp³-hybridized carbons (Fsp3) is 0.0588. The van der Waals surface area contributed by atoms with Crippen LogP contribution in [0.2, 0.25) is 5.02 Å². The zero-order valence-electron chi connectivity index (χ0n) is 12.0. The third-order valence-electron chi connectivity index (χ3n) is 3.41. The van der Waals surface area contributed by atoms with E-state index in [1.807, 2.05) is 12.1 Å². The molecule has 0 unspecified atom stereocenters. The Morgan fingerprint density at radius 1 is 0.957 bits per heavy atom. The molecule has 0 aliphatic rings. The molecule has 3 aromatic carbocycles. The lowest BCUT2D eigenvalue weighted by molar-refractivity contribution is 0.475. The molecule has 0 atom stereocenters. The Labute approximate surface area is 136 Å². The van der Waals surface area contributed by atoms with E-state index in [2.05, 4.69) is 10.6 Å². The van der Waals surface area contributed by atoms with Crippen molar-refractivity contribution in [3.05, 3.63) is 79.6 Å². The number of phenols is 1. The van der Waals surface area contributed by atoms with Crippen LogP contribution in [0.4, 0.5) is 17.1 Å². The van der Waals surface area contributed by atoms with Gasteiger partial charge in [0.25, 0.3) is 10.9 Å². The van der Waals surface area contributed by atoms with E-state index in [4.69, 9.17) is 11.6 Å². The molecule has 5 nitrogen and oxygen atoms in total. The Hall–Kier alpha value is -2.79. The highest BCUT2D eigenvalue weighted by molar-refractivity contribution is 6.30. The molecule has 0 radical (unpaired) electrons. The van der Waals surface area contributed by atoms with E-state index in [9.17, 15) is 14.7 Å². The van der Waals surface area contributed by atoms with Gasteiger partial charge in [0, 0.05) is 17.3 Å². The van der Waals surface area contributed by atoms with E-state index in [1.165, 1.54) is 12.1 Å². The Morgan fingerprint density at radius 3 is 2.35 bits per heavy atom. The first-order chi connectivity index (χ1) is 11.0. The van der Waals surface area contributed by atoms with Crippen molar-refractivity contribution in [2.24, 2.45) is 0 Å². The van der Waals surface area contributed by atoms with Gasteiger partial charge in [-0.05, 0) is 42.0 Å². The number of aromatic hydroxyl groups is 1. The zero-order chi connectivity index (χ0) is 16.4. The van der Waals surface area contributed by atoms with Crippen LogP contribution in [-0.4, -0.2) is 5.11 Å². The van der Waals surface area contributed by atoms with Crippen LogP contribution in [0.5, 0.6) is 5.75 Å². The summed E-state index contributed by atoms with van der Waals surface area (Å²) in [5.74, 6) is 0.125. The maximum Gasteiger partial charge on any atom is 0.253 e. The van der Waals surface area contributed by atoms with Gasteiger partial charge in [0.1, 0.15) is 17.1 Å². The van der Waals surface area contributed by atoms with Gasteiger partial charge in [0.2, 0.25) is 0 Å². The molecular formula is C17H13ClN2O3. The summed E-state index contributed by atoms with van der Waals surface area (Å²) in [5, 5.41) is 15.7. The fourth-order valence-electron chi connectivity index (χ4n) is 2.21. The van der Waals surface area contributed by atoms with E-state index in [1.54, 1.807) is 24.3 Å². The molecule has 0 amide bonds. The van der Waals surface area contributed by atoms with Gasteiger partial charge in [-0.25, -0.2) is 0 Å². The summed E-state index contributed by atoms with van der Waals surface area (Å²) < 4.78 is 0. The number of phenolic OH excluding ortho intramolecular Hbond substituents is 1. The minimum absolute atomic E-state index is 0.125. The maximum atomic E-state index is 11.7. The minimum atomic E-state index is -0.563. The summed E-state index contributed by atoms with van der Waals surface area (Å²) in [6.07, 6.45) is 0. The molecule has 0 aliphatic heterocycles. The number of benzene rings is 2. The summed E-state index contributed by atoms with van der Waals surface area (Å²) in [6.45, 7) is 0.385. The second-order valence-electron chi connectivity index (χ2n) is 5.06. The molecule has 3 rings (SSSR count). The lowest BCUT2D eigenvalue weighted by Crippen LogP contribution is -2.36. The highest BCUT2D eigenvalue weighted by Gasteiger charge is 2.20. The van der Waals surface area contributed by atoms with E-state index in [0.717, 1.165) is 5.56 Å². The molecule has 0 saturated carbocycles. The Kier molecular flexibility index (Phi) is 4.04. The maximum absolute atomic E-state index is 11.7. The molecule has 0 heterocycles. The van der Waals surface area contributed by atoms with Gasteiger partial charge in [-0.2, -0.15) is 0 Å². The number of hydrogen-bond donors (Lipinski definition) is 3. The molecule has 0 aromatic heterocycles. The smallest absolute Gasteiger partial charge is 0.253 e. The van der Waals surface area contributed by atoms with Gasteiger partial charge >= 0.3 is 0 Å². The molecule has 0 fully saturated rings. The van der Waals surface area contributed by atoms with Crippen LogP contribution in [0.1, 0.15) is 5.56 Å². The first-order valence-electron chi connectivity index (χ1n) is 6.92. The fourth-order valence-corrected chi connectivity index (χ4v) is 2.42. The van der Waals surface area contributed by atoms with Crippen molar-refractivity contribution in [3.63, 3.8) is 0 Å². The lowest BCUT2D eigenvalue weighted by Gasteiger charge is -2.15. The summed E-state index contributed by atoms with van der Waals surface area (Å²) in [6, 6.07) is 13.5. The normalized spacial score (nSPS) is 10.7. The molecule has 3 aromatic rings. The van der Waals surface area contributed by atoms with E-state index >= 15 is 0 Å². The molecule has 23 heavy (non-hydrogen) atoms. The van der Waals surface area contributed by atoms with E-state index in [-0.39, 0.29) is 17.1 Å². The number of nitrogens with one attached hydrogen (secondary N) is 2. The number of anilines is 3. The largest absolute Gasteiger partial charge is 0.508 e. The third-order valence-corrected chi connectivity index (χ3v) is 3.64. The topological polar surface area (TPSA) is 78.4 Å². The van der Waals surface area contributed by atoms with Crippen LogP contribution in [-0.2, 0) is 6.54 Å². The monoisotopic (exact) mass is 328 g/mol. The molecular weight excluding hydrogens is 316 g/mol. The van der Waals surface area contributed by atoms with Crippen molar-refractivity contribution >= 4 is 28.7 Å². The van der Waals surface area contributed by atoms with Gasteiger partial charge in [-0.3, -0.25) is 9.59 Å². The van der Waals surface area contributed by atoms with Gasteiger partial charge in [-0.15, -0.1) is 0 Å². The molecule has 0 aliphatic carbocycles. The first kappa shape index (κ1) is 15.1. The Balaban J connectivity index is 1.76. The van der Waals surface area contributed by atoms with Crippen molar-refractivity contribution in [1.82, 2.24) is 0 Å². The number of hydrogen-bond acceptors (Lipinski definition) is 5. The van der Waals surface area contributed by atoms with Crippen molar-refractivity contribution in [1.29, 1.82) is 0 Å². The molecule has 116 valence electrons. The van der Waals surface area contributed by atoms with Gasteiger partial charge in [0.05, 0.1) is 0 Å². The second-order valence-corrected chi connectivity index (χ2v) is 5.50. The van der Waals surface area contributed by atoms with Crippen LogP contribution in [0, 0.1) is 0 Å². The first-order valence-corrected chi connectivity index (χ1v) is 7.30. The average Bonchev–Trinajstić information content (AvgIpc) is 2.55. The predicted octanol–water partition coefficient (Wildman–Crippen LogP) is 3.00. The second kappa shape index (κ2) is 6.14. The summed E-state index contributed by atoms with van der Waals surface area (Å²) in [5.41, 5.74) is 0.882. The van der Waals surface area contributed by atoms with Gasteiger partial charge in [-0.1, -0.05) is 23.7 Å². The third kappa shape index (κ3) is 3.19. The minimum Gasteiger partial charge on any atom is -0.508 e. The van der Waals surface area contributed by atoms with Gasteiger partial charge in [0.15, 0.2) is 0 Å². The van der Waals surface area contributed by atoms with Crippen molar-refractivity contribution in [2.45, 2.75) is 6.54 Å². The predicted molar refractivity (Wildman–Crippen MR) is 91.5 cm³/mol. The van der Waals surface area contributed by atoms with E-state index < -0.39 is 10.9 Å². The Morgan fingerprint density at radius 2 is 1.65 bits per heavy atom. The van der Waals surface area contributed by atoms with E-state index in [0.29, 0.717) is 17.3 Å². The molecule has 6 heteroatoms. The molecule has 0 spiro atoms. The standard InChI is InChI=1S/C17H13ClN2O3/c18-11-3-1-2-10(8-11)9-19-14-15(17(23)16(14)22)20-12-4-6-13(21)7-5-12/h1-8,19-21H,9H2. The van der Waals surface area contributed by atoms with Crippen LogP contribution in [0.15, 0.2) is 58.1 Å². The summed E-state index contributed by atoms with van der Waals surface area (Å²) in [4.78, 5) is 23.5. The number of rotatable bonds is 5. The highest BCUT2D eigenvalue weighted by atomic mass is 35.5. The van der Waals surface area contributed by atoms with Crippen LogP contribution in [0.25, 0.3) is 0 Å². The summed E-state index contributed by atoms with van der Waals surface area (Å²) >= 11 is 5.91. The zero-order valence-corrected chi connectivity index (χ0v) is 12.7. The summed E-state index contributed by atoms with van der Waals surface area (Å²) in [7, 11) is 0. The molecule has 0 bridgehead atoms. The number of halogens is 1. The van der Waals surface area contributed by atoms with Crippen molar-refractivity contribution in [2.75, 3.05) is 10.6 Å². The van der Waals surface area contributed by atoms with Gasteiger partial charge < -0.3 is 15.7 Å².